The van der Waals surface area contributed by atoms with Gasteiger partial charge in [-0.15, -0.1) is 0 Å². The van der Waals surface area contributed by atoms with Gasteiger partial charge in [-0.25, -0.2) is 48.2 Å². The average Bonchev–Trinajstić information content (AvgIpc) is 4.22. The molecule has 7 aromatic rings. The van der Waals surface area contributed by atoms with E-state index in [-0.39, 0.29) is 50.1 Å². The quantitative estimate of drug-likeness (QED) is 0.0899. The molecule has 3 aliphatic carbocycles. The van der Waals surface area contributed by atoms with Crippen molar-refractivity contribution in [3.8, 4) is 16.8 Å². The first-order chi connectivity index (χ1) is 33.9. The number of fused-ring (bicyclic) bond motifs is 5. The van der Waals surface area contributed by atoms with Crippen molar-refractivity contribution in [3.05, 3.63) is 128 Å². The molecular formula is C46H38ClF8N9O6S2. The Balaban J connectivity index is 1.18. The standard InChI is InChI=1S/C46H38ClF8N9O6S2/c1-61(71(2,67)68)26-6-3-22(4-7-26)23-5-10-28-32(16-23)57-44(64(45(28)66)34-12-11-31(47)38-40(34)62(19-35(50)51)59-43(38)60-72(69,70)27-8-9-27)33(15-21-13-24(48)17-25(49)14-21)56-36(65)20-63-41-37(39(58-63)42(52)53)29-18-30(29)46(41,54)55/h3-7,10-14,16-17,27,29-30,33,35,42H,8-9,15,18-20H2,1-2H3,(H,56,65)(H,59,60)/t29-,30+,33-/m0/s1. The number of anilines is 2. The fraction of sp³-hybridized carbons (Fsp3) is 0.326. The normalized spacial score (nSPS) is 17.7. The van der Waals surface area contributed by atoms with Gasteiger partial charge in [-0.2, -0.15) is 19.0 Å². The third-order valence-corrected chi connectivity index (χ3v) is 16.3. The molecule has 3 heterocycles. The summed E-state index contributed by atoms with van der Waals surface area (Å²) in [5.74, 6) is -10.1. The number of carbonyl (C=O) groups is 1. The van der Waals surface area contributed by atoms with Crippen molar-refractivity contribution in [2.24, 2.45) is 5.92 Å². The second-order valence-corrected chi connectivity index (χ2v) is 22.3. The van der Waals surface area contributed by atoms with Gasteiger partial charge in [-0.1, -0.05) is 29.8 Å². The number of rotatable bonds is 16. The minimum Gasteiger partial charge on any atom is -0.344 e. The van der Waals surface area contributed by atoms with Gasteiger partial charge < -0.3 is 5.32 Å². The van der Waals surface area contributed by atoms with Crippen molar-refractivity contribution in [1.82, 2.24) is 34.4 Å². The lowest BCUT2D eigenvalue weighted by atomic mass is 10.0. The number of hydrogen-bond acceptors (Lipinski definition) is 9. The molecule has 26 heteroatoms. The molecule has 1 amide bonds. The van der Waals surface area contributed by atoms with Crippen LogP contribution >= 0.6 is 11.6 Å². The molecule has 0 saturated heterocycles. The molecular weight excluding hydrogens is 1030 g/mol. The van der Waals surface area contributed by atoms with Gasteiger partial charge in [0, 0.05) is 31.0 Å². The molecule has 0 aliphatic heterocycles. The van der Waals surface area contributed by atoms with Crippen LogP contribution < -0.4 is 19.9 Å². The highest BCUT2D eigenvalue weighted by Crippen LogP contribution is 2.68. The van der Waals surface area contributed by atoms with E-state index in [1.807, 2.05) is 0 Å². The van der Waals surface area contributed by atoms with Crippen molar-refractivity contribution in [2.75, 3.05) is 22.3 Å². The van der Waals surface area contributed by atoms with Crippen LogP contribution in [0.15, 0.2) is 77.6 Å². The maximum atomic E-state index is 15.7. The molecule has 378 valence electrons. The molecule has 3 aromatic heterocycles. The van der Waals surface area contributed by atoms with Crippen molar-refractivity contribution in [3.63, 3.8) is 0 Å². The van der Waals surface area contributed by atoms with E-state index in [0.717, 1.165) is 31.9 Å². The molecule has 10 rings (SSSR count). The molecule has 4 aromatic carbocycles. The summed E-state index contributed by atoms with van der Waals surface area (Å²) < 4.78 is 175. The third kappa shape index (κ3) is 8.81. The summed E-state index contributed by atoms with van der Waals surface area (Å²) >= 11 is 6.69. The summed E-state index contributed by atoms with van der Waals surface area (Å²) in [4.78, 5) is 34.4. The molecule has 0 radical (unpaired) electrons. The number of amides is 1. The molecule has 3 aliphatic rings. The maximum Gasteiger partial charge on any atom is 0.293 e. The second-order valence-electron chi connectivity index (χ2n) is 18.0. The minimum absolute atomic E-state index is 0.0648. The monoisotopic (exact) mass is 1060 g/mol. The zero-order valence-corrected chi connectivity index (χ0v) is 39.8. The average molecular weight is 1060 g/mol. The van der Waals surface area contributed by atoms with E-state index < -0.39 is 128 Å². The smallest absolute Gasteiger partial charge is 0.293 e. The molecule has 3 atom stereocenters. The molecule has 2 saturated carbocycles. The molecule has 15 nitrogen and oxygen atoms in total. The van der Waals surface area contributed by atoms with E-state index in [0.29, 0.717) is 40.4 Å². The Morgan fingerprint density at radius 3 is 2.24 bits per heavy atom. The van der Waals surface area contributed by atoms with Gasteiger partial charge in [0.05, 0.1) is 55.8 Å². The molecule has 72 heavy (non-hydrogen) atoms. The second kappa shape index (κ2) is 17.6. The van der Waals surface area contributed by atoms with E-state index in [2.05, 4.69) is 20.2 Å². The van der Waals surface area contributed by atoms with Crippen molar-refractivity contribution >= 4 is 70.9 Å². The van der Waals surface area contributed by atoms with E-state index in [4.69, 9.17) is 16.6 Å². The Kier molecular flexibility index (Phi) is 12.0. The predicted molar refractivity (Wildman–Crippen MR) is 249 cm³/mol. The first kappa shape index (κ1) is 49.0. The molecule has 0 spiro atoms. The van der Waals surface area contributed by atoms with E-state index in [1.165, 1.54) is 49.5 Å². The molecule has 0 unspecified atom stereocenters. The SMILES string of the molecule is CN(c1ccc(-c2ccc3c(=O)n(-c4ccc(Cl)c5c(NS(=O)(=O)C6CC6)nn(CC(F)F)c45)c([C@H](Cc4cc(F)cc(F)c4)NC(=O)Cn4nc(C(F)F)c5c4C(F)(F)[C@@H]4C[C@H]54)nc3c2)cc1)S(C)(=O)=O. The van der Waals surface area contributed by atoms with Crippen LogP contribution in [0, 0.1) is 17.6 Å². The Bertz CT molecular complexity index is 3660. The molecule has 2 N–H and O–H groups in total. The molecule has 0 bridgehead atoms. The number of aromatic nitrogens is 6. The summed E-state index contributed by atoms with van der Waals surface area (Å²) in [6, 6.07) is 13.6. The summed E-state index contributed by atoms with van der Waals surface area (Å²) in [7, 11) is -6.41. The lowest BCUT2D eigenvalue weighted by Crippen LogP contribution is -2.38. The van der Waals surface area contributed by atoms with Crippen LogP contribution in [-0.4, -0.2) is 76.8 Å². The maximum absolute atomic E-state index is 15.7. The number of nitrogens with zero attached hydrogens (tertiary/aromatic N) is 7. The Morgan fingerprint density at radius 2 is 1.60 bits per heavy atom. The third-order valence-electron chi connectivity index (χ3n) is 13.0. The highest BCUT2D eigenvalue weighted by atomic mass is 35.5. The summed E-state index contributed by atoms with van der Waals surface area (Å²) in [5.41, 5.74) is -2.74. The molecule has 2 fully saturated rings. The zero-order valence-electron chi connectivity index (χ0n) is 37.4. The Morgan fingerprint density at radius 1 is 0.917 bits per heavy atom. The van der Waals surface area contributed by atoms with E-state index >= 15 is 13.6 Å². The van der Waals surface area contributed by atoms with E-state index in [9.17, 15) is 48.0 Å². The van der Waals surface area contributed by atoms with Crippen LogP contribution in [0.25, 0.3) is 38.6 Å². The van der Waals surface area contributed by atoms with Crippen molar-refractivity contribution in [2.45, 2.75) is 74.8 Å². The first-order valence-electron chi connectivity index (χ1n) is 22.0. The summed E-state index contributed by atoms with van der Waals surface area (Å²) in [6.45, 7) is -2.27. The van der Waals surface area contributed by atoms with Gasteiger partial charge in [-0.05, 0) is 90.4 Å². The number of hydrogen-bond donors (Lipinski definition) is 2. The first-order valence-corrected chi connectivity index (χ1v) is 25.8. The van der Waals surface area contributed by atoms with Gasteiger partial charge in [0.1, 0.15) is 41.9 Å². The van der Waals surface area contributed by atoms with Gasteiger partial charge in [0.15, 0.2) is 5.82 Å². The minimum atomic E-state index is -4.12. The van der Waals surface area contributed by atoms with E-state index in [1.54, 1.807) is 12.1 Å². The van der Waals surface area contributed by atoms with Gasteiger partial charge in [0.2, 0.25) is 26.0 Å². The highest BCUT2D eigenvalue weighted by Gasteiger charge is 2.67. The number of halogens is 9. The lowest BCUT2D eigenvalue weighted by molar-refractivity contribution is -0.123. The van der Waals surface area contributed by atoms with Crippen LogP contribution in [0.5, 0.6) is 0 Å². The summed E-state index contributed by atoms with van der Waals surface area (Å²) in [6.07, 6.45) is -5.45. The highest BCUT2D eigenvalue weighted by molar-refractivity contribution is 7.93. The predicted octanol–water partition coefficient (Wildman–Crippen LogP) is 8.34. The number of nitrogens with one attached hydrogen (secondary N) is 2. The number of sulfonamides is 2. The largest absolute Gasteiger partial charge is 0.344 e. The zero-order chi connectivity index (χ0) is 51.5. The van der Waals surface area contributed by atoms with Crippen LogP contribution in [0.4, 0.5) is 46.6 Å². The Labute approximate surface area is 408 Å². The van der Waals surface area contributed by atoms with Crippen molar-refractivity contribution in [1.29, 1.82) is 0 Å². The van der Waals surface area contributed by atoms with Gasteiger partial charge >= 0.3 is 0 Å². The summed E-state index contributed by atoms with van der Waals surface area (Å²) in [5, 5.41) is 9.09. The number of carbonyl (C=O) groups excluding carboxylic acids is 1. The van der Waals surface area contributed by atoms with Crippen LogP contribution in [0.3, 0.4) is 0 Å². The fourth-order valence-electron chi connectivity index (χ4n) is 9.40. The van der Waals surface area contributed by atoms with Gasteiger partial charge in [0.25, 0.3) is 24.3 Å². The van der Waals surface area contributed by atoms with Gasteiger partial charge in [-0.3, -0.25) is 32.5 Å². The van der Waals surface area contributed by atoms with Crippen LogP contribution in [-0.2, 0) is 50.3 Å². The fourth-order valence-corrected chi connectivity index (χ4v) is 11.5. The number of alkyl halides is 6. The van der Waals surface area contributed by atoms with Crippen LogP contribution in [0.1, 0.15) is 66.0 Å². The van der Waals surface area contributed by atoms with Crippen molar-refractivity contribution < 1.29 is 56.8 Å². The van der Waals surface area contributed by atoms with Crippen LogP contribution in [0.2, 0.25) is 5.02 Å². The number of benzene rings is 4. The Hall–Kier alpha value is -6.60. The lowest BCUT2D eigenvalue weighted by Gasteiger charge is -2.24. The topological polar surface area (TPSA) is 183 Å².